The number of hydrogen-bond donors (Lipinski definition) is 1. The van der Waals surface area contributed by atoms with Gasteiger partial charge in [-0.2, -0.15) is 5.26 Å². The van der Waals surface area contributed by atoms with Crippen LogP contribution >= 0.6 is 11.3 Å². The van der Waals surface area contributed by atoms with Gasteiger partial charge < -0.3 is 5.32 Å². The predicted octanol–water partition coefficient (Wildman–Crippen LogP) is 2.85. The summed E-state index contributed by atoms with van der Waals surface area (Å²) in [6.07, 6.45) is 0. The third-order valence-electron chi connectivity index (χ3n) is 2.14. The minimum atomic E-state index is 0.303. The largest absolute Gasteiger partial charge is 0.348 e. The summed E-state index contributed by atoms with van der Waals surface area (Å²) in [5.41, 5.74) is 3.47. The van der Waals surface area contributed by atoms with E-state index >= 15 is 0 Å². The number of aromatic nitrogens is 1. The second-order valence-corrected chi connectivity index (χ2v) is 4.46. The van der Waals surface area contributed by atoms with Gasteiger partial charge in [0.05, 0.1) is 16.3 Å². The molecule has 76 valence electrons. The first-order valence-electron chi connectivity index (χ1n) is 4.69. The summed E-state index contributed by atoms with van der Waals surface area (Å²) < 4.78 is 1.20. The molecule has 0 amide bonds. The molecule has 1 N–H and O–H groups in total. The van der Waals surface area contributed by atoms with Crippen molar-refractivity contribution in [2.45, 2.75) is 13.8 Å². The van der Waals surface area contributed by atoms with E-state index in [2.05, 4.69) is 36.3 Å². The van der Waals surface area contributed by atoms with Crippen molar-refractivity contribution < 1.29 is 0 Å². The first-order valence-corrected chi connectivity index (χ1v) is 5.51. The molecule has 0 spiro atoms. The van der Waals surface area contributed by atoms with Crippen LogP contribution in [0.1, 0.15) is 11.1 Å². The highest BCUT2D eigenvalue weighted by molar-refractivity contribution is 7.22. The van der Waals surface area contributed by atoms with Gasteiger partial charge >= 0.3 is 0 Å². The Kier molecular flexibility index (Phi) is 2.57. The lowest BCUT2D eigenvalue weighted by atomic mass is 10.1. The maximum absolute atomic E-state index is 8.47. The molecular weight excluding hydrogens is 206 g/mol. The molecule has 0 unspecified atom stereocenters. The molecule has 2 rings (SSSR count). The number of benzene rings is 1. The summed E-state index contributed by atoms with van der Waals surface area (Å²) in [4.78, 5) is 4.43. The van der Waals surface area contributed by atoms with E-state index in [0.29, 0.717) is 6.54 Å². The standard InChI is InChI=1S/C11H11N3S/c1-7-5-8(2)10-9(6-7)14-11(15-10)13-4-3-12/h5-6H,4H2,1-2H3,(H,13,14). The van der Waals surface area contributed by atoms with Gasteiger partial charge in [-0.15, -0.1) is 0 Å². The molecule has 0 aliphatic heterocycles. The first-order chi connectivity index (χ1) is 7.20. The number of nitrogens with zero attached hydrogens (tertiary/aromatic N) is 2. The summed E-state index contributed by atoms with van der Waals surface area (Å²) in [6.45, 7) is 4.45. The first kappa shape index (κ1) is 9.94. The second kappa shape index (κ2) is 3.87. The molecule has 0 fully saturated rings. The van der Waals surface area contributed by atoms with Gasteiger partial charge in [0.25, 0.3) is 0 Å². The van der Waals surface area contributed by atoms with Crippen molar-refractivity contribution in [3.05, 3.63) is 23.3 Å². The molecule has 15 heavy (non-hydrogen) atoms. The Morgan fingerprint density at radius 3 is 3.00 bits per heavy atom. The van der Waals surface area contributed by atoms with E-state index in [-0.39, 0.29) is 0 Å². The van der Waals surface area contributed by atoms with E-state index < -0.39 is 0 Å². The van der Waals surface area contributed by atoms with Gasteiger partial charge in [-0.05, 0) is 31.0 Å². The summed E-state index contributed by atoms with van der Waals surface area (Å²) in [5, 5.41) is 12.3. The van der Waals surface area contributed by atoms with Crippen LogP contribution in [0.15, 0.2) is 12.1 Å². The fraction of sp³-hybridized carbons (Fsp3) is 0.273. The molecule has 0 atom stereocenters. The van der Waals surface area contributed by atoms with Crippen molar-refractivity contribution in [2.24, 2.45) is 0 Å². The fourth-order valence-corrected chi connectivity index (χ4v) is 2.48. The van der Waals surface area contributed by atoms with Crippen LogP contribution in [0, 0.1) is 25.2 Å². The summed E-state index contributed by atoms with van der Waals surface area (Å²) >= 11 is 1.60. The van der Waals surface area contributed by atoms with E-state index in [0.717, 1.165) is 10.6 Å². The van der Waals surface area contributed by atoms with Crippen molar-refractivity contribution in [2.75, 3.05) is 11.9 Å². The number of hydrogen-bond acceptors (Lipinski definition) is 4. The van der Waals surface area contributed by atoms with Crippen LogP contribution in [-0.2, 0) is 0 Å². The van der Waals surface area contributed by atoms with Gasteiger partial charge in [-0.3, -0.25) is 0 Å². The number of anilines is 1. The molecule has 1 aromatic heterocycles. The number of nitrogens with one attached hydrogen (secondary N) is 1. The van der Waals surface area contributed by atoms with Crippen molar-refractivity contribution >= 4 is 26.7 Å². The average Bonchev–Trinajstić information content (AvgIpc) is 2.57. The van der Waals surface area contributed by atoms with E-state index in [1.807, 2.05) is 6.07 Å². The molecule has 2 aromatic rings. The zero-order valence-corrected chi connectivity index (χ0v) is 9.48. The maximum Gasteiger partial charge on any atom is 0.184 e. The number of rotatable bonds is 2. The van der Waals surface area contributed by atoms with Gasteiger partial charge in [0.1, 0.15) is 6.54 Å². The molecule has 0 radical (unpaired) electrons. The van der Waals surface area contributed by atoms with Crippen LogP contribution in [0.3, 0.4) is 0 Å². The molecule has 1 heterocycles. The van der Waals surface area contributed by atoms with Gasteiger partial charge in [-0.1, -0.05) is 17.4 Å². The minimum absolute atomic E-state index is 0.303. The van der Waals surface area contributed by atoms with Gasteiger partial charge in [0.2, 0.25) is 0 Å². The SMILES string of the molecule is Cc1cc(C)c2sc(NCC#N)nc2c1. The van der Waals surface area contributed by atoms with E-state index in [4.69, 9.17) is 5.26 Å². The smallest absolute Gasteiger partial charge is 0.184 e. The summed E-state index contributed by atoms with van der Waals surface area (Å²) in [5.74, 6) is 0. The Morgan fingerprint density at radius 2 is 2.27 bits per heavy atom. The van der Waals surface area contributed by atoms with E-state index in [1.54, 1.807) is 11.3 Å². The van der Waals surface area contributed by atoms with Crippen molar-refractivity contribution in [1.82, 2.24) is 4.98 Å². The molecular formula is C11H11N3S. The highest BCUT2D eigenvalue weighted by Crippen LogP contribution is 2.29. The zero-order valence-electron chi connectivity index (χ0n) is 8.66. The highest BCUT2D eigenvalue weighted by Gasteiger charge is 2.05. The molecule has 0 saturated heterocycles. The number of thiazole rings is 1. The summed E-state index contributed by atoms with van der Waals surface area (Å²) in [7, 11) is 0. The van der Waals surface area contributed by atoms with Gasteiger partial charge in [0, 0.05) is 0 Å². The van der Waals surface area contributed by atoms with Crippen LogP contribution in [0.4, 0.5) is 5.13 Å². The second-order valence-electron chi connectivity index (χ2n) is 3.46. The minimum Gasteiger partial charge on any atom is -0.348 e. The average molecular weight is 217 g/mol. The third kappa shape index (κ3) is 1.92. The lowest BCUT2D eigenvalue weighted by Gasteiger charge is -1.95. The maximum atomic E-state index is 8.47. The molecule has 3 nitrogen and oxygen atoms in total. The van der Waals surface area contributed by atoms with Crippen LogP contribution in [0.5, 0.6) is 0 Å². The molecule has 1 aromatic carbocycles. The highest BCUT2D eigenvalue weighted by atomic mass is 32.1. The van der Waals surface area contributed by atoms with Crippen molar-refractivity contribution in [3.63, 3.8) is 0 Å². The van der Waals surface area contributed by atoms with E-state index in [9.17, 15) is 0 Å². The number of fused-ring (bicyclic) bond motifs is 1. The zero-order chi connectivity index (χ0) is 10.8. The quantitative estimate of drug-likeness (QED) is 0.787. The fourth-order valence-electron chi connectivity index (χ4n) is 1.57. The van der Waals surface area contributed by atoms with Gasteiger partial charge in [0.15, 0.2) is 5.13 Å². The Morgan fingerprint density at radius 1 is 1.47 bits per heavy atom. The van der Waals surface area contributed by atoms with Gasteiger partial charge in [-0.25, -0.2) is 4.98 Å². The van der Waals surface area contributed by atoms with Crippen molar-refractivity contribution in [3.8, 4) is 6.07 Å². The van der Waals surface area contributed by atoms with Crippen LogP contribution in [0.2, 0.25) is 0 Å². The number of aryl methyl sites for hydroxylation is 2. The molecule has 0 bridgehead atoms. The predicted molar refractivity (Wildman–Crippen MR) is 63.2 cm³/mol. The molecule has 0 aliphatic rings. The van der Waals surface area contributed by atoms with E-state index in [1.165, 1.54) is 15.8 Å². The lowest BCUT2D eigenvalue weighted by molar-refractivity contribution is 1.29. The Labute approximate surface area is 92.4 Å². The van der Waals surface area contributed by atoms with Crippen LogP contribution in [0.25, 0.3) is 10.2 Å². The van der Waals surface area contributed by atoms with Crippen LogP contribution in [-0.4, -0.2) is 11.5 Å². The van der Waals surface area contributed by atoms with Crippen molar-refractivity contribution in [1.29, 1.82) is 5.26 Å². The molecule has 0 aliphatic carbocycles. The Bertz CT molecular complexity index is 536. The monoisotopic (exact) mass is 217 g/mol. The normalized spacial score (nSPS) is 10.2. The summed E-state index contributed by atoms with van der Waals surface area (Å²) in [6, 6.07) is 6.26. The Hall–Kier alpha value is -1.60. The molecule has 0 saturated carbocycles. The number of nitriles is 1. The van der Waals surface area contributed by atoms with Crippen LogP contribution < -0.4 is 5.32 Å². The Balaban J connectivity index is 2.47. The lowest BCUT2D eigenvalue weighted by Crippen LogP contribution is -1.96. The molecule has 4 heteroatoms. The topological polar surface area (TPSA) is 48.7 Å². The third-order valence-corrected chi connectivity index (χ3v) is 3.30.